The lowest BCUT2D eigenvalue weighted by atomic mass is 10.1. The third-order valence-electron chi connectivity index (χ3n) is 2.21. The Labute approximate surface area is 98.0 Å². The van der Waals surface area contributed by atoms with Crippen LogP contribution in [0.3, 0.4) is 0 Å². The number of hydrogen-bond acceptors (Lipinski definition) is 5. The Bertz CT molecular complexity index is 443. The Kier molecular flexibility index (Phi) is 4.62. The second-order valence-corrected chi connectivity index (χ2v) is 4.67. The number of nitrogens with zero attached hydrogens (tertiary/aromatic N) is 1. The van der Waals surface area contributed by atoms with Crippen LogP contribution >= 0.6 is 7.82 Å². The van der Waals surface area contributed by atoms with E-state index in [1.165, 1.54) is 6.20 Å². The maximum Gasteiger partial charge on any atom is 0.469 e. The normalized spacial score (nSPS) is 11.8. The number of rotatable bonds is 5. The molecule has 0 unspecified atom stereocenters. The number of phosphoric ester groups is 1. The molecular formula is C9H14NO6P. The minimum Gasteiger partial charge on any atom is -0.506 e. The van der Waals surface area contributed by atoms with Crippen molar-refractivity contribution in [3.8, 4) is 5.75 Å². The molecule has 0 saturated heterocycles. The monoisotopic (exact) mass is 263 g/mol. The summed E-state index contributed by atoms with van der Waals surface area (Å²) in [6.45, 7) is 1.02. The summed E-state index contributed by atoms with van der Waals surface area (Å²) < 4.78 is 14.8. The Balaban J connectivity index is 2.82. The molecule has 1 heterocycles. The van der Waals surface area contributed by atoms with E-state index in [0.717, 1.165) is 0 Å². The molecule has 0 spiro atoms. The molecule has 8 heteroatoms. The zero-order valence-corrected chi connectivity index (χ0v) is 10.1. The average molecular weight is 263 g/mol. The second kappa shape index (κ2) is 5.57. The summed E-state index contributed by atoms with van der Waals surface area (Å²) in [6, 6.07) is 0. The number of pyridine rings is 1. The molecule has 0 aliphatic carbocycles. The molecule has 17 heavy (non-hydrogen) atoms. The smallest absolute Gasteiger partial charge is 0.469 e. The second-order valence-electron chi connectivity index (χ2n) is 3.43. The van der Waals surface area contributed by atoms with E-state index in [0.29, 0.717) is 16.8 Å². The average Bonchev–Trinajstić information content (AvgIpc) is 2.23. The highest BCUT2D eigenvalue weighted by molar-refractivity contribution is 7.46. The van der Waals surface area contributed by atoms with Gasteiger partial charge in [0.1, 0.15) is 5.75 Å². The summed E-state index contributed by atoms with van der Waals surface area (Å²) in [6.07, 6.45) is 1.48. The summed E-state index contributed by atoms with van der Waals surface area (Å²) in [7, 11) is -4.51. The largest absolute Gasteiger partial charge is 0.506 e. The lowest BCUT2D eigenvalue weighted by Gasteiger charge is -2.11. The maximum absolute atomic E-state index is 10.5. The van der Waals surface area contributed by atoms with Crippen molar-refractivity contribution in [3.05, 3.63) is 23.0 Å². The first-order valence-electron chi connectivity index (χ1n) is 4.82. The third-order valence-corrected chi connectivity index (χ3v) is 2.73. The first kappa shape index (κ1) is 14.1. The van der Waals surface area contributed by atoms with E-state index in [2.05, 4.69) is 9.51 Å². The van der Waals surface area contributed by atoms with E-state index >= 15 is 0 Å². The van der Waals surface area contributed by atoms with Gasteiger partial charge in [0, 0.05) is 23.7 Å². The van der Waals surface area contributed by atoms with Crippen molar-refractivity contribution >= 4 is 7.82 Å². The summed E-state index contributed by atoms with van der Waals surface area (Å²) in [5.74, 6) is -0.0918. The molecule has 4 N–H and O–H groups in total. The highest BCUT2D eigenvalue weighted by Gasteiger charge is 2.16. The molecule has 0 fully saturated rings. The summed E-state index contributed by atoms with van der Waals surface area (Å²) in [4.78, 5) is 20.9. The van der Waals surface area contributed by atoms with Gasteiger partial charge >= 0.3 is 7.82 Å². The van der Waals surface area contributed by atoms with Crippen molar-refractivity contribution in [2.45, 2.75) is 20.0 Å². The van der Waals surface area contributed by atoms with Crippen molar-refractivity contribution in [1.82, 2.24) is 4.98 Å². The lowest BCUT2D eigenvalue weighted by molar-refractivity contribution is 0.198. The fraction of sp³-hybridized carbons (Fsp3) is 0.444. The van der Waals surface area contributed by atoms with E-state index in [9.17, 15) is 9.67 Å². The highest BCUT2D eigenvalue weighted by atomic mass is 31.2. The topological polar surface area (TPSA) is 120 Å². The first-order chi connectivity index (χ1) is 7.85. The molecule has 1 aromatic rings. The fourth-order valence-electron chi connectivity index (χ4n) is 1.37. The first-order valence-corrected chi connectivity index (χ1v) is 6.35. The molecule has 0 radical (unpaired) electrons. The zero-order valence-electron chi connectivity index (χ0n) is 9.20. The van der Waals surface area contributed by atoms with Crippen LogP contribution < -0.4 is 0 Å². The van der Waals surface area contributed by atoms with Gasteiger partial charge in [0.2, 0.25) is 0 Å². The number of hydrogen-bond donors (Lipinski definition) is 4. The van der Waals surface area contributed by atoms with Crippen molar-refractivity contribution in [2.24, 2.45) is 0 Å². The van der Waals surface area contributed by atoms with Gasteiger partial charge in [-0.2, -0.15) is 0 Å². The molecule has 0 atom stereocenters. The van der Waals surface area contributed by atoms with Gasteiger partial charge in [0.25, 0.3) is 0 Å². The number of aromatic nitrogens is 1. The Hall–Kier alpha value is -0.980. The Morgan fingerprint density at radius 2 is 2.12 bits per heavy atom. The van der Waals surface area contributed by atoms with Crippen LogP contribution in [0.1, 0.15) is 16.8 Å². The summed E-state index contributed by atoms with van der Waals surface area (Å²) in [5, 5.41) is 18.8. The van der Waals surface area contributed by atoms with E-state index in [-0.39, 0.29) is 25.4 Å². The van der Waals surface area contributed by atoms with Crippen LogP contribution in [0.15, 0.2) is 6.20 Å². The minimum atomic E-state index is -4.51. The molecule has 0 aromatic carbocycles. The van der Waals surface area contributed by atoms with Crippen LogP contribution in [0, 0.1) is 6.92 Å². The SMILES string of the molecule is Cc1ncc(CO)c(CCOP(=O)(O)O)c1O. The van der Waals surface area contributed by atoms with Crippen LogP contribution in [0.25, 0.3) is 0 Å². The molecule has 0 aliphatic rings. The fourth-order valence-corrected chi connectivity index (χ4v) is 1.70. The highest BCUT2D eigenvalue weighted by Crippen LogP contribution is 2.36. The lowest BCUT2D eigenvalue weighted by Crippen LogP contribution is -2.03. The van der Waals surface area contributed by atoms with Crippen LogP contribution in [0.4, 0.5) is 0 Å². The van der Waals surface area contributed by atoms with E-state index in [4.69, 9.17) is 14.9 Å². The molecule has 1 rings (SSSR count). The van der Waals surface area contributed by atoms with Crippen LogP contribution in [-0.2, 0) is 22.1 Å². The third kappa shape index (κ3) is 4.07. The quantitative estimate of drug-likeness (QED) is 0.561. The molecule has 0 amide bonds. The summed E-state index contributed by atoms with van der Waals surface area (Å²) in [5.41, 5.74) is 1.17. The molecular weight excluding hydrogens is 249 g/mol. The van der Waals surface area contributed by atoms with Gasteiger partial charge in [-0.05, 0) is 6.92 Å². The van der Waals surface area contributed by atoms with Crippen molar-refractivity contribution < 1.29 is 29.1 Å². The van der Waals surface area contributed by atoms with Crippen LogP contribution in [0.2, 0.25) is 0 Å². The maximum atomic E-state index is 10.5. The molecule has 0 saturated carbocycles. The molecule has 1 aromatic heterocycles. The number of aryl methyl sites for hydroxylation is 1. The standard InChI is InChI=1S/C9H14NO6P/c1-6-9(12)8(7(5-11)4-10-6)2-3-16-17(13,14)15/h4,11-12H,2-3,5H2,1H3,(H2,13,14,15). The predicted molar refractivity (Wildman–Crippen MR) is 58.3 cm³/mol. The van der Waals surface area contributed by atoms with Gasteiger partial charge in [-0.3, -0.25) is 9.51 Å². The number of aliphatic hydroxyl groups excluding tert-OH is 1. The summed E-state index contributed by atoms with van der Waals surface area (Å²) >= 11 is 0. The molecule has 96 valence electrons. The van der Waals surface area contributed by atoms with Crippen molar-refractivity contribution in [3.63, 3.8) is 0 Å². The van der Waals surface area contributed by atoms with Gasteiger partial charge < -0.3 is 20.0 Å². The van der Waals surface area contributed by atoms with E-state index < -0.39 is 7.82 Å². The Morgan fingerprint density at radius 1 is 1.47 bits per heavy atom. The zero-order chi connectivity index (χ0) is 13.1. The Morgan fingerprint density at radius 3 is 2.65 bits per heavy atom. The number of aliphatic hydroxyl groups is 1. The minimum absolute atomic E-state index is 0.0796. The van der Waals surface area contributed by atoms with E-state index in [1.807, 2.05) is 0 Å². The predicted octanol–water partition coefficient (Wildman–Crippen LogP) is 0.240. The van der Waals surface area contributed by atoms with Crippen LogP contribution in [0.5, 0.6) is 5.75 Å². The number of phosphoric acid groups is 1. The van der Waals surface area contributed by atoms with Gasteiger partial charge in [-0.15, -0.1) is 0 Å². The molecule has 0 aliphatic heterocycles. The molecule has 0 bridgehead atoms. The van der Waals surface area contributed by atoms with Crippen LogP contribution in [-0.4, -0.2) is 31.6 Å². The number of aromatic hydroxyl groups is 1. The van der Waals surface area contributed by atoms with Crippen molar-refractivity contribution in [1.29, 1.82) is 0 Å². The molecule has 7 nitrogen and oxygen atoms in total. The van der Waals surface area contributed by atoms with E-state index in [1.54, 1.807) is 6.92 Å². The van der Waals surface area contributed by atoms with Gasteiger partial charge in [0.05, 0.1) is 18.9 Å². The van der Waals surface area contributed by atoms with Gasteiger partial charge in [0.15, 0.2) is 0 Å². The van der Waals surface area contributed by atoms with Gasteiger partial charge in [-0.25, -0.2) is 4.57 Å². The van der Waals surface area contributed by atoms with Crippen molar-refractivity contribution in [2.75, 3.05) is 6.61 Å². The van der Waals surface area contributed by atoms with Gasteiger partial charge in [-0.1, -0.05) is 0 Å².